The van der Waals surface area contributed by atoms with Crippen LogP contribution in [-0.2, 0) is 9.53 Å². The van der Waals surface area contributed by atoms with Crippen molar-refractivity contribution in [3.8, 4) is 0 Å². The van der Waals surface area contributed by atoms with E-state index in [1.54, 1.807) is 0 Å². The van der Waals surface area contributed by atoms with Gasteiger partial charge in [-0.2, -0.15) is 0 Å². The highest BCUT2D eigenvalue weighted by atomic mass is 16.5. The SMILES string of the molecule is CCOCCCC(=O)NCC(O)(CC)CC. The molecule has 0 unspecified atom stereocenters. The van der Waals surface area contributed by atoms with Gasteiger partial charge in [-0.1, -0.05) is 13.8 Å². The fourth-order valence-corrected chi connectivity index (χ4v) is 1.33. The maximum Gasteiger partial charge on any atom is 0.220 e. The van der Waals surface area contributed by atoms with Crippen LogP contribution in [0.2, 0.25) is 0 Å². The first-order valence-electron chi connectivity index (χ1n) is 6.14. The number of nitrogens with one attached hydrogen (secondary N) is 1. The highest BCUT2D eigenvalue weighted by Gasteiger charge is 2.22. The predicted molar refractivity (Wildman–Crippen MR) is 64.3 cm³/mol. The van der Waals surface area contributed by atoms with E-state index in [0.29, 0.717) is 39.0 Å². The van der Waals surface area contributed by atoms with E-state index in [4.69, 9.17) is 4.74 Å². The fraction of sp³-hybridized carbons (Fsp3) is 0.917. The van der Waals surface area contributed by atoms with Crippen LogP contribution in [0.5, 0.6) is 0 Å². The summed E-state index contributed by atoms with van der Waals surface area (Å²) >= 11 is 0. The first-order chi connectivity index (χ1) is 7.58. The zero-order chi connectivity index (χ0) is 12.4. The smallest absolute Gasteiger partial charge is 0.220 e. The van der Waals surface area contributed by atoms with Crippen LogP contribution in [0.4, 0.5) is 0 Å². The van der Waals surface area contributed by atoms with Crippen molar-refractivity contribution in [3.05, 3.63) is 0 Å². The third kappa shape index (κ3) is 6.80. The standard InChI is InChI=1S/C12H25NO3/c1-4-12(15,5-2)10-13-11(14)8-7-9-16-6-3/h15H,4-10H2,1-3H3,(H,13,14). The monoisotopic (exact) mass is 231 g/mol. The molecule has 0 aliphatic rings. The van der Waals surface area contributed by atoms with E-state index in [1.807, 2.05) is 20.8 Å². The first kappa shape index (κ1) is 15.4. The molecule has 0 atom stereocenters. The largest absolute Gasteiger partial charge is 0.388 e. The lowest BCUT2D eigenvalue weighted by molar-refractivity contribution is -0.122. The van der Waals surface area contributed by atoms with Crippen LogP contribution in [0.25, 0.3) is 0 Å². The highest BCUT2D eigenvalue weighted by Crippen LogP contribution is 2.12. The van der Waals surface area contributed by atoms with Crippen molar-refractivity contribution in [2.24, 2.45) is 0 Å². The molecule has 0 saturated carbocycles. The van der Waals surface area contributed by atoms with Crippen molar-refractivity contribution in [3.63, 3.8) is 0 Å². The minimum Gasteiger partial charge on any atom is -0.388 e. The molecule has 4 heteroatoms. The summed E-state index contributed by atoms with van der Waals surface area (Å²) in [6, 6.07) is 0. The maximum atomic E-state index is 11.4. The molecule has 96 valence electrons. The molecule has 0 spiro atoms. The van der Waals surface area contributed by atoms with Gasteiger partial charge in [0.2, 0.25) is 5.91 Å². The second kappa shape index (κ2) is 8.53. The third-order valence-electron chi connectivity index (χ3n) is 2.83. The molecule has 16 heavy (non-hydrogen) atoms. The molecule has 0 heterocycles. The number of amides is 1. The Hall–Kier alpha value is -0.610. The maximum absolute atomic E-state index is 11.4. The normalized spacial score (nSPS) is 11.5. The lowest BCUT2D eigenvalue weighted by atomic mass is 9.97. The van der Waals surface area contributed by atoms with Crippen LogP contribution in [-0.4, -0.2) is 36.4 Å². The van der Waals surface area contributed by atoms with Crippen molar-refractivity contribution >= 4 is 5.91 Å². The van der Waals surface area contributed by atoms with Gasteiger partial charge in [0, 0.05) is 26.2 Å². The molecule has 0 fully saturated rings. The highest BCUT2D eigenvalue weighted by molar-refractivity contribution is 5.75. The summed E-state index contributed by atoms with van der Waals surface area (Å²) in [5.74, 6) is -0.0139. The molecule has 0 aromatic carbocycles. The van der Waals surface area contributed by atoms with Crippen LogP contribution >= 0.6 is 0 Å². The van der Waals surface area contributed by atoms with Crippen molar-refractivity contribution in [1.29, 1.82) is 0 Å². The lowest BCUT2D eigenvalue weighted by Crippen LogP contribution is -2.42. The molecule has 0 aromatic heterocycles. The number of rotatable bonds is 9. The van der Waals surface area contributed by atoms with E-state index in [2.05, 4.69) is 5.32 Å². The molecule has 0 aromatic rings. The minimum absolute atomic E-state index is 0.0139. The average molecular weight is 231 g/mol. The second-order valence-electron chi connectivity index (χ2n) is 4.01. The number of ether oxygens (including phenoxy) is 1. The van der Waals surface area contributed by atoms with E-state index >= 15 is 0 Å². The van der Waals surface area contributed by atoms with E-state index < -0.39 is 5.60 Å². The number of hydrogen-bond acceptors (Lipinski definition) is 3. The summed E-state index contributed by atoms with van der Waals surface area (Å²) in [7, 11) is 0. The average Bonchev–Trinajstić information content (AvgIpc) is 2.31. The zero-order valence-electron chi connectivity index (χ0n) is 10.7. The van der Waals surface area contributed by atoms with Gasteiger partial charge in [-0.15, -0.1) is 0 Å². The van der Waals surface area contributed by atoms with Crippen molar-refractivity contribution in [1.82, 2.24) is 5.32 Å². The predicted octanol–water partition coefficient (Wildman–Crippen LogP) is 1.47. The Labute approximate surface area is 98.4 Å². The molecule has 2 N–H and O–H groups in total. The van der Waals surface area contributed by atoms with E-state index in [0.717, 1.165) is 6.42 Å². The summed E-state index contributed by atoms with van der Waals surface area (Å²) < 4.78 is 5.14. The molecular weight excluding hydrogens is 206 g/mol. The topological polar surface area (TPSA) is 58.6 Å². The molecule has 0 saturated heterocycles. The Balaban J connectivity index is 3.64. The second-order valence-corrected chi connectivity index (χ2v) is 4.01. The quantitative estimate of drug-likeness (QED) is 0.591. The summed E-state index contributed by atoms with van der Waals surface area (Å²) in [4.78, 5) is 11.4. The molecule has 0 aliphatic heterocycles. The van der Waals surface area contributed by atoms with Gasteiger partial charge in [0.1, 0.15) is 0 Å². The third-order valence-corrected chi connectivity index (χ3v) is 2.83. The number of carbonyl (C=O) groups is 1. The fourth-order valence-electron chi connectivity index (χ4n) is 1.33. The van der Waals surface area contributed by atoms with Gasteiger partial charge in [-0.05, 0) is 26.2 Å². The molecule has 0 aliphatic carbocycles. The Kier molecular flexibility index (Phi) is 8.21. The molecular formula is C12H25NO3. The van der Waals surface area contributed by atoms with E-state index in [1.165, 1.54) is 0 Å². The number of hydrogen-bond donors (Lipinski definition) is 2. The summed E-state index contributed by atoms with van der Waals surface area (Å²) in [5, 5.41) is 12.7. The number of carbonyl (C=O) groups excluding carboxylic acids is 1. The van der Waals surface area contributed by atoms with Gasteiger partial charge in [-0.25, -0.2) is 0 Å². The molecule has 1 amide bonds. The van der Waals surface area contributed by atoms with Gasteiger partial charge in [0.05, 0.1) is 5.60 Å². The lowest BCUT2D eigenvalue weighted by Gasteiger charge is -2.25. The number of aliphatic hydroxyl groups is 1. The summed E-state index contributed by atoms with van der Waals surface area (Å²) in [5.41, 5.74) is -0.754. The van der Waals surface area contributed by atoms with E-state index in [9.17, 15) is 9.90 Å². The first-order valence-corrected chi connectivity index (χ1v) is 6.14. The van der Waals surface area contributed by atoms with Gasteiger partial charge in [0.25, 0.3) is 0 Å². The Bertz CT molecular complexity index is 191. The zero-order valence-corrected chi connectivity index (χ0v) is 10.7. The van der Waals surface area contributed by atoms with Crippen LogP contribution in [0.1, 0.15) is 46.5 Å². The van der Waals surface area contributed by atoms with Crippen molar-refractivity contribution in [2.75, 3.05) is 19.8 Å². The molecule has 0 radical (unpaired) electrons. The summed E-state index contributed by atoms with van der Waals surface area (Å²) in [6.07, 6.45) is 2.51. The van der Waals surface area contributed by atoms with Crippen LogP contribution in [0.15, 0.2) is 0 Å². The van der Waals surface area contributed by atoms with Gasteiger partial charge < -0.3 is 15.2 Å². The molecule has 0 bridgehead atoms. The summed E-state index contributed by atoms with van der Waals surface area (Å²) in [6.45, 7) is 7.43. The van der Waals surface area contributed by atoms with Crippen LogP contribution < -0.4 is 5.32 Å². The van der Waals surface area contributed by atoms with Crippen LogP contribution in [0.3, 0.4) is 0 Å². The molecule has 0 rings (SSSR count). The Morgan fingerprint density at radius 1 is 1.31 bits per heavy atom. The van der Waals surface area contributed by atoms with Gasteiger partial charge >= 0.3 is 0 Å². The van der Waals surface area contributed by atoms with Gasteiger partial charge in [-0.3, -0.25) is 4.79 Å². The van der Waals surface area contributed by atoms with Crippen molar-refractivity contribution < 1.29 is 14.6 Å². The minimum atomic E-state index is -0.754. The Morgan fingerprint density at radius 2 is 1.94 bits per heavy atom. The van der Waals surface area contributed by atoms with Gasteiger partial charge in [0.15, 0.2) is 0 Å². The van der Waals surface area contributed by atoms with Crippen molar-refractivity contribution in [2.45, 2.75) is 52.1 Å². The Morgan fingerprint density at radius 3 is 2.44 bits per heavy atom. The van der Waals surface area contributed by atoms with Crippen LogP contribution in [0, 0.1) is 0 Å². The molecule has 4 nitrogen and oxygen atoms in total. The van der Waals surface area contributed by atoms with E-state index in [-0.39, 0.29) is 5.91 Å².